The standard InChI is InChI=1S/C21H18ClFN4O6S/c22-16-7-14(2-3-17(16)23)34(31,32)27-10-13(9-25-20(28)15-5-11(15)8-24)33-19-4-1-12(6-18(19)27)26-21(29)30/h1-4,6-7,11,13,15,26H,5,9-10H2,(H,25,28)(H,29,30)/t11-,13?,15-/m1/s1. The van der Waals surface area contributed by atoms with Crippen molar-refractivity contribution in [2.75, 3.05) is 22.7 Å². The van der Waals surface area contributed by atoms with Crippen LogP contribution in [0.15, 0.2) is 41.3 Å². The van der Waals surface area contributed by atoms with E-state index in [9.17, 15) is 22.4 Å². The van der Waals surface area contributed by atoms with Crippen molar-refractivity contribution in [3.63, 3.8) is 0 Å². The van der Waals surface area contributed by atoms with Crippen LogP contribution in [-0.2, 0) is 14.8 Å². The Labute approximate surface area is 198 Å². The molecule has 10 nitrogen and oxygen atoms in total. The van der Waals surface area contributed by atoms with Crippen molar-refractivity contribution in [2.24, 2.45) is 11.8 Å². The van der Waals surface area contributed by atoms with Crippen LogP contribution in [-0.4, -0.2) is 44.7 Å². The molecule has 34 heavy (non-hydrogen) atoms. The van der Waals surface area contributed by atoms with Gasteiger partial charge in [-0.1, -0.05) is 11.6 Å². The van der Waals surface area contributed by atoms with E-state index in [2.05, 4.69) is 10.6 Å². The van der Waals surface area contributed by atoms with Gasteiger partial charge in [0.2, 0.25) is 5.91 Å². The molecule has 1 unspecified atom stereocenters. The Hall–Kier alpha value is -3.56. The van der Waals surface area contributed by atoms with Crippen LogP contribution < -0.4 is 19.7 Å². The minimum Gasteiger partial charge on any atom is -0.484 e. The fourth-order valence-corrected chi connectivity index (χ4v) is 5.36. The Balaban J connectivity index is 1.64. The maximum Gasteiger partial charge on any atom is 0.409 e. The Morgan fingerprint density at radius 2 is 2.06 bits per heavy atom. The predicted molar refractivity (Wildman–Crippen MR) is 119 cm³/mol. The number of carbonyl (C=O) groups excluding carboxylic acids is 1. The summed E-state index contributed by atoms with van der Waals surface area (Å²) < 4.78 is 47.4. The lowest BCUT2D eigenvalue weighted by Crippen LogP contribution is -2.48. The SMILES string of the molecule is N#C[C@H]1C[C@H]1C(=O)NCC1CN(S(=O)(=O)c2ccc(F)c(Cl)c2)c2cc(NC(=O)O)ccc2O1. The Bertz CT molecular complexity index is 1310. The molecule has 1 aliphatic heterocycles. The number of nitriles is 1. The molecular formula is C21H18ClFN4O6S. The van der Waals surface area contributed by atoms with E-state index < -0.39 is 34.0 Å². The summed E-state index contributed by atoms with van der Waals surface area (Å²) in [6.07, 6.45) is -1.66. The molecule has 3 N–H and O–H groups in total. The number of hydrogen-bond acceptors (Lipinski definition) is 6. The fourth-order valence-electron chi connectivity index (χ4n) is 3.58. The zero-order chi connectivity index (χ0) is 24.6. The number of benzene rings is 2. The van der Waals surface area contributed by atoms with E-state index in [1.54, 1.807) is 0 Å². The molecule has 0 radical (unpaired) electrons. The first-order chi connectivity index (χ1) is 16.1. The molecule has 3 atom stereocenters. The third kappa shape index (κ3) is 4.71. The van der Waals surface area contributed by atoms with Crippen molar-refractivity contribution in [2.45, 2.75) is 17.4 Å². The molecule has 2 aliphatic rings. The van der Waals surface area contributed by atoms with E-state index in [1.165, 1.54) is 18.2 Å². The first-order valence-corrected chi connectivity index (χ1v) is 11.9. The van der Waals surface area contributed by atoms with Gasteiger partial charge in [0.25, 0.3) is 10.0 Å². The normalized spacial score (nSPS) is 21.0. The van der Waals surface area contributed by atoms with E-state index in [0.29, 0.717) is 6.42 Å². The van der Waals surface area contributed by atoms with Crippen LogP contribution in [0.2, 0.25) is 5.02 Å². The van der Waals surface area contributed by atoms with Crippen LogP contribution in [0.25, 0.3) is 0 Å². The number of halogens is 2. The average Bonchev–Trinajstić information content (AvgIpc) is 3.58. The van der Waals surface area contributed by atoms with E-state index in [-0.39, 0.29) is 52.0 Å². The van der Waals surface area contributed by atoms with Crippen molar-refractivity contribution in [1.82, 2.24) is 5.32 Å². The minimum atomic E-state index is -4.28. The summed E-state index contributed by atoms with van der Waals surface area (Å²) in [6, 6.07) is 9.10. The monoisotopic (exact) mass is 508 g/mol. The molecule has 2 aromatic carbocycles. The summed E-state index contributed by atoms with van der Waals surface area (Å²) in [5.41, 5.74) is 0.163. The van der Waals surface area contributed by atoms with Gasteiger partial charge in [-0.15, -0.1) is 0 Å². The number of hydrogen-bond donors (Lipinski definition) is 3. The van der Waals surface area contributed by atoms with Gasteiger partial charge in [-0.3, -0.25) is 14.4 Å². The highest BCUT2D eigenvalue weighted by Crippen LogP contribution is 2.40. The van der Waals surface area contributed by atoms with Gasteiger partial charge in [0.15, 0.2) is 0 Å². The van der Waals surface area contributed by atoms with Gasteiger partial charge < -0.3 is 15.2 Å². The van der Waals surface area contributed by atoms with Gasteiger partial charge >= 0.3 is 6.09 Å². The number of nitrogens with zero attached hydrogens (tertiary/aromatic N) is 2. The molecule has 0 spiro atoms. The van der Waals surface area contributed by atoms with E-state index in [1.807, 2.05) is 6.07 Å². The van der Waals surface area contributed by atoms with Gasteiger partial charge in [0.1, 0.15) is 17.7 Å². The number of carbonyl (C=O) groups is 2. The number of fused-ring (bicyclic) bond motifs is 1. The predicted octanol–water partition coefficient (Wildman–Crippen LogP) is 2.80. The second-order valence-electron chi connectivity index (χ2n) is 7.79. The molecule has 1 heterocycles. The van der Waals surface area contributed by atoms with Crippen LogP contribution in [0, 0.1) is 29.0 Å². The highest BCUT2D eigenvalue weighted by molar-refractivity contribution is 7.92. The summed E-state index contributed by atoms with van der Waals surface area (Å²) in [7, 11) is -4.28. The molecule has 4 rings (SSSR count). The molecule has 2 amide bonds. The number of anilines is 2. The van der Waals surface area contributed by atoms with Crippen LogP contribution in [0.5, 0.6) is 5.75 Å². The van der Waals surface area contributed by atoms with E-state index >= 15 is 0 Å². The van der Waals surface area contributed by atoms with Crippen molar-refractivity contribution < 1.29 is 32.2 Å². The van der Waals surface area contributed by atoms with Gasteiger partial charge in [-0.05, 0) is 42.8 Å². The van der Waals surface area contributed by atoms with E-state index in [4.69, 9.17) is 26.7 Å². The Morgan fingerprint density at radius 1 is 1.29 bits per heavy atom. The van der Waals surface area contributed by atoms with Crippen LogP contribution >= 0.6 is 11.6 Å². The largest absolute Gasteiger partial charge is 0.484 e. The molecule has 1 aliphatic carbocycles. The molecule has 178 valence electrons. The van der Waals surface area contributed by atoms with Crippen molar-refractivity contribution in [3.8, 4) is 11.8 Å². The Morgan fingerprint density at radius 3 is 2.71 bits per heavy atom. The fraction of sp³-hybridized carbons (Fsp3) is 0.286. The first-order valence-electron chi connectivity index (χ1n) is 10.1. The average molecular weight is 509 g/mol. The summed E-state index contributed by atoms with van der Waals surface area (Å²) in [4.78, 5) is 23.0. The minimum absolute atomic E-state index is 0.0295. The lowest BCUT2D eigenvalue weighted by atomic mass is 10.2. The smallest absolute Gasteiger partial charge is 0.409 e. The van der Waals surface area contributed by atoms with Gasteiger partial charge in [-0.25, -0.2) is 17.6 Å². The summed E-state index contributed by atoms with van der Waals surface area (Å²) in [5, 5.41) is 22.3. The third-order valence-corrected chi connectivity index (χ3v) is 7.48. The van der Waals surface area contributed by atoms with E-state index in [0.717, 1.165) is 22.5 Å². The number of ether oxygens (including phenoxy) is 1. The lowest BCUT2D eigenvalue weighted by molar-refractivity contribution is -0.122. The molecule has 0 aromatic heterocycles. The molecule has 13 heteroatoms. The topological polar surface area (TPSA) is 149 Å². The zero-order valence-electron chi connectivity index (χ0n) is 17.4. The number of amides is 2. The second kappa shape index (κ2) is 9.00. The molecule has 1 saturated carbocycles. The first kappa shape index (κ1) is 23.6. The van der Waals surface area contributed by atoms with Crippen molar-refractivity contribution in [3.05, 3.63) is 47.2 Å². The van der Waals surface area contributed by atoms with Gasteiger partial charge in [0.05, 0.1) is 46.6 Å². The molecule has 0 bridgehead atoms. The zero-order valence-corrected chi connectivity index (χ0v) is 18.9. The molecule has 0 saturated heterocycles. The lowest BCUT2D eigenvalue weighted by Gasteiger charge is -2.35. The number of nitrogens with one attached hydrogen (secondary N) is 2. The number of rotatable bonds is 6. The van der Waals surface area contributed by atoms with Crippen LogP contribution in [0.1, 0.15) is 6.42 Å². The van der Waals surface area contributed by atoms with Crippen LogP contribution in [0.3, 0.4) is 0 Å². The quantitative estimate of drug-likeness (QED) is 0.543. The Kier molecular flexibility index (Phi) is 6.24. The van der Waals surface area contributed by atoms with Gasteiger partial charge in [-0.2, -0.15) is 5.26 Å². The highest BCUT2D eigenvalue weighted by atomic mass is 35.5. The summed E-state index contributed by atoms with van der Waals surface area (Å²) >= 11 is 5.79. The van der Waals surface area contributed by atoms with Crippen molar-refractivity contribution in [1.29, 1.82) is 5.26 Å². The number of sulfonamides is 1. The molecular weight excluding hydrogens is 491 g/mol. The second-order valence-corrected chi connectivity index (χ2v) is 10.1. The van der Waals surface area contributed by atoms with Crippen molar-refractivity contribution >= 4 is 45.0 Å². The highest BCUT2D eigenvalue weighted by Gasteiger charge is 2.43. The maximum atomic E-state index is 13.6. The third-order valence-electron chi connectivity index (χ3n) is 5.42. The summed E-state index contributed by atoms with van der Waals surface area (Å²) in [6.45, 7) is -0.258. The summed E-state index contributed by atoms with van der Waals surface area (Å²) in [5.74, 6) is -1.69. The van der Waals surface area contributed by atoms with Crippen LogP contribution in [0.4, 0.5) is 20.6 Å². The molecule has 1 fully saturated rings. The van der Waals surface area contributed by atoms with Gasteiger partial charge in [0, 0.05) is 5.69 Å². The number of carboxylic acid groups (broad SMARTS) is 1. The molecule has 2 aromatic rings. The maximum absolute atomic E-state index is 13.6.